The zero-order chi connectivity index (χ0) is 15.1. The molecular weight excluding hydrogens is 264 g/mol. The van der Waals surface area contributed by atoms with Crippen LogP contribution in [0.3, 0.4) is 0 Å². The molecule has 21 heavy (non-hydrogen) atoms. The van der Waals surface area contributed by atoms with Gasteiger partial charge in [-0.15, -0.1) is 0 Å². The van der Waals surface area contributed by atoms with Gasteiger partial charge in [-0.2, -0.15) is 0 Å². The van der Waals surface area contributed by atoms with E-state index in [4.69, 9.17) is 9.47 Å². The van der Waals surface area contributed by atoms with Crippen LogP contribution in [0.1, 0.15) is 18.1 Å². The van der Waals surface area contributed by atoms with Crippen LogP contribution < -0.4 is 4.74 Å². The molecular formula is C18H18O3. The van der Waals surface area contributed by atoms with E-state index in [1.54, 1.807) is 13.0 Å². The summed E-state index contributed by atoms with van der Waals surface area (Å²) in [5.41, 5.74) is 2.03. The zero-order valence-electron chi connectivity index (χ0n) is 12.2. The minimum atomic E-state index is -0.345. The molecule has 2 rings (SSSR count). The molecule has 2 aromatic carbocycles. The lowest BCUT2D eigenvalue weighted by Crippen LogP contribution is -1.98. The molecule has 108 valence electrons. The van der Waals surface area contributed by atoms with Gasteiger partial charge in [-0.05, 0) is 55.3 Å². The van der Waals surface area contributed by atoms with Crippen molar-refractivity contribution in [2.75, 3.05) is 6.61 Å². The molecule has 0 N–H and O–H groups in total. The Kier molecular flexibility index (Phi) is 5.16. The quantitative estimate of drug-likeness (QED) is 0.603. The van der Waals surface area contributed by atoms with Gasteiger partial charge in [-0.25, -0.2) is 4.79 Å². The number of rotatable bonds is 5. The summed E-state index contributed by atoms with van der Waals surface area (Å²) in [6.07, 6.45) is 3.12. The Labute approximate surface area is 124 Å². The van der Waals surface area contributed by atoms with Crippen LogP contribution in [0.2, 0.25) is 0 Å². The molecule has 0 spiro atoms. The summed E-state index contributed by atoms with van der Waals surface area (Å²) >= 11 is 0. The van der Waals surface area contributed by atoms with Crippen LogP contribution in [0.4, 0.5) is 0 Å². The average molecular weight is 282 g/mol. The number of esters is 1. The maximum absolute atomic E-state index is 11.3. The van der Waals surface area contributed by atoms with Gasteiger partial charge in [0.1, 0.15) is 11.5 Å². The van der Waals surface area contributed by atoms with Crippen LogP contribution in [0, 0.1) is 6.92 Å². The predicted octanol–water partition coefficient (Wildman–Crippen LogP) is 4.36. The number of ether oxygens (including phenoxy) is 2. The molecule has 3 heteroatoms. The SMILES string of the molecule is CCOC(=O)/C=C/c1cccc(Oc2cccc(C)c2)c1. The van der Waals surface area contributed by atoms with Crippen molar-refractivity contribution in [1.29, 1.82) is 0 Å². The third-order valence-electron chi connectivity index (χ3n) is 2.78. The molecule has 0 atom stereocenters. The fourth-order valence-corrected chi connectivity index (χ4v) is 1.85. The molecule has 0 aliphatic carbocycles. The first-order valence-electron chi connectivity index (χ1n) is 6.87. The van der Waals surface area contributed by atoms with Gasteiger partial charge in [0.25, 0.3) is 0 Å². The zero-order valence-corrected chi connectivity index (χ0v) is 12.2. The second-order valence-electron chi connectivity index (χ2n) is 4.58. The van der Waals surface area contributed by atoms with Gasteiger partial charge < -0.3 is 9.47 Å². The summed E-state index contributed by atoms with van der Waals surface area (Å²) in [7, 11) is 0. The summed E-state index contributed by atoms with van der Waals surface area (Å²) in [6, 6.07) is 15.4. The maximum atomic E-state index is 11.3. The Balaban J connectivity index is 2.09. The molecule has 2 aromatic rings. The van der Waals surface area contributed by atoms with Gasteiger partial charge in [-0.3, -0.25) is 0 Å². The summed E-state index contributed by atoms with van der Waals surface area (Å²) in [4.78, 5) is 11.3. The molecule has 0 aliphatic rings. The molecule has 0 amide bonds. The van der Waals surface area contributed by atoms with Crippen molar-refractivity contribution in [2.45, 2.75) is 13.8 Å². The van der Waals surface area contributed by atoms with Crippen molar-refractivity contribution in [1.82, 2.24) is 0 Å². The molecule has 0 unspecified atom stereocenters. The van der Waals surface area contributed by atoms with Crippen molar-refractivity contribution < 1.29 is 14.3 Å². The molecule has 0 aliphatic heterocycles. The smallest absolute Gasteiger partial charge is 0.330 e. The van der Waals surface area contributed by atoms with E-state index in [0.29, 0.717) is 6.61 Å². The van der Waals surface area contributed by atoms with Crippen molar-refractivity contribution in [3.63, 3.8) is 0 Å². The Morgan fingerprint density at radius 1 is 1.10 bits per heavy atom. The molecule has 0 aromatic heterocycles. The highest BCUT2D eigenvalue weighted by Crippen LogP contribution is 2.23. The lowest BCUT2D eigenvalue weighted by atomic mass is 10.2. The van der Waals surface area contributed by atoms with E-state index >= 15 is 0 Å². The van der Waals surface area contributed by atoms with Crippen LogP contribution in [-0.2, 0) is 9.53 Å². The highest BCUT2D eigenvalue weighted by molar-refractivity contribution is 5.87. The summed E-state index contributed by atoms with van der Waals surface area (Å²) in [5.74, 6) is 1.18. The second-order valence-corrected chi connectivity index (χ2v) is 4.58. The summed E-state index contributed by atoms with van der Waals surface area (Å²) in [6.45, 7) is 4.17. The Hall–Kier alpha value is -2.55. The standard InChI is InChI=1S/C18H18O3/c1-3-20-18(19)11-10-15-7-5-9-17(13-15)21-16-8-4-6-14(2)12-16/h4-13H,3H2,1-2H3/b11-10+. The lowest BCUT2D eigenvalue weighted by molar-refractivity contribution is -0.137. The Morgan fingerprint density at radius 3 is 2.52 bits per heavy atom. The third-order valence-corrected chi connectivity index (χ3v) is 2.78. The first-order valence-corrected chi connectivity index (χ1v) is 6.87. The van der Waals surface area contributed by atoms with E-state index in [2.05, 4.69) is 0 Å². The highest BCUT2D eigenvalue weighted by atomic mass is 16.5. The molecule has 0 radical (unpaired) electrons. The van der Waals surface area contributed by atoms with E-state index in [-0.39, 0.29) is 5.97 Å². The van der Waals surface area contributed by atoms with E-state index < -0.39 is 0 Å². The average Bonchev–Trinajstić information content (AvgIpc) is 2.46. The van der Waals surface area contributed by atoms with Crippen LogP contribution in [0.15, 0.2) is 54.6 Å². The molecule has 0 saturated carbocycles. The number of carbonyl (C=O) groups is 1. The molecule has 3 nitrogen and oxygen atoms in total. The van der Waals surface area contributed by atoms with Crippen LogP contribution in [0.25, 0.3) is 6.08 Å². The van der Waals surface area contributed by atoms with Gasteiger partial charge in [0.2, 0.25) is 0 Å². The van der Waals surface area contributed by atoms with Gasteiger partial charge in [0.05, 0.1) is 6.61 Å². The van der Waals surface area contributed by atoms with Crippen molar-refractivity contribution in [3.05, 3.63) is 65.7 Å². The van der Waals surface area contributed by atoms with Crippen molar-refractivity contribution in [3.8, 4) is 11.5 Å². The number of carbonyl (C=O) groups excluding carboxylic acids is 1. The summed E-state index contributed by atoms with van der Waals surface area (Å²) < 4.78 is 10.6. The fourth-order valence-electron chi connectivity index (χ4n) is 1.85. The second kappa shape index (κ2) is 7.29. The third kappa shape index (κ3) is 4.80. The normalized spacial score (nSPS) is 10.6. The molecule has 0 bridgehead atoms. The van der Waals surface area contributed by atoms with E-state index in [1.807, 2.05) is 55.5 Å². The Bertz CT molecular complexity index is 644. The van der Waals surface area contributed by atoms with E-state index in [0.717, 1.165) is 22.6 Å². The monoisotopic (exact) mass is 282 g/mol. The van der Waals surface area contributed by atoms with Gasteiger partial charge in [0, 0.05) is 6.08 Å². The highest BCUT2D eigenvalue weighted by Gasteiger charge is 1.99. The Morgan fingerprint density at radius 2 is 1.81 bits per heavy atom. The first kappa shape index (κ1) is 14.9. The summed E-state index contributed by atoms with van der Waals surface area (Å²) in [5, 5.41) is 0. The number of benzene rings is 2. The van der Waals surface area contributed by atoms with E-state index in [1.165, 1.54) is 6.08 Å². The maximum Gasteiger partial charge on any atom is 0.330 e. The topological polar surface area (TPSA) is 35.5 Å². The van der Waals surface area contributed by atoms with Crippen LogP contribution in [-0.4, -0.2) is 12.6 Å². The van der Waals surface area contributed by atoms with Gasteiger partial charge in [0.15, 0.2) is 0 Å². The lowest BCUT2D eigenvalue weighted by Gasteiger charge is -2.07. The van der Waals surface area contributed by atoms with Crippen LogP contribution >= 0.6 is 0 Å². The van der Waals surface area contributed by atoms with Crippen molar-refractivity contribution in [2.24, 2.45) is 0 Å². The van der Waals surface area contributed by atoms with E-state index in [9.17, 15) is 4.79 Å². The van der Waals surface area contributed by atoms with Gasteiger partial charge in [-0.1, -0.05) is 24.3 Å². The number of hydrogen-bond donors (Lipinski definition) is 0. The largest absolute Gasteiger partial charge is 0.463 e. The number of hydrogen-bond acceptors (Lipinski definition) is 3. The predicted molar refractivity (Wildman–Crippen MR) is 83.4 cm³/mol. The van der Waals surface area contributed by atoms with Crippen molar-refractivity contribution >= 4 is 12.0 Å². The van der Waals surface area contributed by atoms with Gasteiger partial charge >= 0.3 is 5.97 Å². The molecule has 0 saturated heterocycles. The fraction of sp³-hybridized carbons (Fsp3) is 0.167. The molecule has 0 heterocycles. The minimum Gasteiger partial charge on any atom is -0.463 e. The minimum absolute atomic E-state index is 0.345. The first-order chi connectivity index (χ1) is 10.2. The number of aryl methyl sites for hydroxylation is 1. The molecule has 0 fully saturated rings. The van der Waals surface area contributed by atoms with Crippen LogP contribution in [0.5, 0.6) is 11.5 Å².